The lowest BCUT2D eigenvalue weighted by atomic mass is 9.84. The summed E-state index contributed by atoms with van der Waals surface area (Å²) in [6.07, 6.45) is 2.92. The van der Waals surface area contributed by atoms with Crippen molar-refractivity contribution in [2.24, 2.45) is 11.8 Å². The summed E-state index contributed by atoms with van der Waals surface area (Å²) < 4.78 is 0. The predicted molar refractivity (Wildman–Crippen MR) is 121 cm³/mol. The largest absolute Gasteiger partial charge is 0.481 e. The Morgan fingerprint density at radius 3 is 1.97 bits per heavy atom. The van der Waals surface area contributed by atoms with Gasteiger partial charge in [-0.05, 0) is 64.1 Å². The number of hydrogen-bond donors (Lipinski definition) is 4. The second kappa shape index (κ2) is 17.5. The Morgan fingerprint density at radius 2 is 1.44 bits per heavy atom. The fraction of sp³-hybridized carbons (Fsp3) is 0.818. The lowest BCUT2D eigenvalue weighted by molar-refractivity contribution is -0.138. The van der Waals surface area contributed by atoms with Gasteiger partial charge in [0.25, 0.3) is 0 Å². The summed E-state index contributed by atoms with van der Waals surface area (Å²) in [5.74, 6) is -2.29. The zero-order valence-electron chi connectivity index (χ0n) is 19.7. The molecule has 10 heteroatoms. The van der Waals surface area contributed by atoms with Gasteiger partial charge in [-0.3, -0.25) is 29.0 Å². The first-order valence-electron chi connectivity index (χ1n) is 11.3. The highest BCUT2D eigenvalue weighted by atomic mass is 16.4. The van der Waals surface area contributed by atoms with Gasteiger partial charge in [-0.1, -0.05) is 13.8 Å². The fourth-order valence-electron chi connectivity index (χ4n) is 3.79. The number of carboxylic acids is 3. The molecule has 0 bridgehead atoms. The van der Waals surface area contributed by atoms with Crippen molar-refractivity contribution in [2.45, 2.75) is 52.9 Å². The molecule has 0 aromatic heterocycles. The van der Waals surface area contributed by atoms with E-state index in [4.69, 9.17) is 15.3 Å². The van der Waals surface area contributed by atoms with Crippen molar-refractivity contribution in [3.63, 3.8) is 0 Å². The number of nitrogens with zero attached hydrogens (tertiary/aromatic N) is 2. The van der Waals surface area contributed by atoms with Crippen LogP contribution in [0.15, 0.2) is 0 Å². The molecular weight excluding hydrogens is 418 g/mol. The van der Waals surface area contributed by atoms with Crippen LogP contribution in [0.4, 0.5) is 0 Å². The number of Topliss-reactive ketones (excluding diaryl/α,β-unsaturated/α-hetero) is 1. The molecule has 32 heavy (non-hydrogen) atoms. The lowest BCUT2D eigenvalue weighted by Crippen LogP contribution is -2.38. The summed E-state index contributed by atoms with van der Waals surface area (Å²) in [4.78, 5) is 48.3. The third kappa shape index (κ3) is 16.6. The van der Waals surface area contributed by atoms with Gasteiger partial charge in [-0.2, -0.15) is 0 Å². The minimum Gasteiger partial charge on any atom is -0.481 e. The number of hydrogen-bond acceptors (Lipinski definition) is 7. The Bertz CT molecular complexity index is 586. The summed E-state index contributed by atoms with van der Waals surface area (Å²) in [6.45, 7) is 8.64. The van der Waals surface area contributed by atoms with Crippen molar-refractivity contribution in [1.29, 1.82) is 0 Å². The topological polar surface area (TPSA) is 147 Å². The molecule has 0 fully saturated rings. The number of rotatable bonds is 21. The number of carbonyl (C=O) groups is 4. The molecule has 0 heterocycles. The first-order valence-corrected chi connectivity index (χ1v) is 11.3. The van der Waals surface area contributed by atoms with Crippen LogP contribution >= 0.6 is 0 Å². The van der Waals surface area contributed by atoms with E-state index < -0.39 is 17.9 Å². The van der Waals surface area contributed by atoms with Crippen molar-refractivity contribution in [3.8, 4) is 0 Å². The minimum atomic E-state index is -0.932. The molecule has 0 spiro atoms. The summed E-state index contributed by atoms with van der Waals surface area (Å²) >= 11 is 0. The van der Waals surface area contributed by atoms with E-state index in [-0.39, 0.29) is 43.7 Å². The van der Waals surface area contributed by atoms with Crippen LogP contribution < -0.4 is 5.32 Å². The molecule has 10 nitrogen and oxygen atoms in total. The van der Waals surface area contributed by atoms with Gasteiger partial charge in [0.2, 0.25) is 0 Å². The number of aliphatic carboxylic acids is 3. The highest BCUT2D eigenvalue weighted by Gasteiger charge is 2.21. The molecule has 2 atom stereocenters. The first-order chi connectivity index (χ1) is 15.0. The molecule has 4 N–H and O–H groups in total. The average Bonchev–Trinajstić information content (AvgIpc) is 2.67. The van der Waals surface area contributed by atoms with Gasteiger partial charge in [-0.15, -0.1) is 0 Å². The Hall–Kier alpha value is -2.04. The molecule has 0 aliphatic heterocycles. The van der Waals surface area contributed by atoms with Gasteiger partial charge in [0.05, 0.1) is 19.6 Å². The van der Waals surface area contributed by atoms with Crippen LogP contribution in [0.1, 0.15) is 52.9 Å². The monoisotopic (exact) mass is 459 g/mol. The lowest BCUT2D eigenvalue weighted by Gasteiger charge is -2.29. The molecule has 0 aliphatic rings. The van der Waals surface area contributed by atoms with E-state index in [1.807, 2.05) is 16.7 Å². The van der Waals surface area contributed by atoms with Gasteiger partial charge in [0.15, 0.2) is 0 Å². The van der Waals surface area contributed by atoms with Crippen LogP contribution in [0.5, 0.6) is 0 Å². The molecule has 0 amide bonds. The van der Waals surface area contributed by atoms with Crippen LogP contribution in [0.2, 0.25) is 0 Å². The van der Waals surface area contributed by atoms with E-state index in [1.165, 1.54) is 6.92 Å². The smallest absolute Gasteiger partial charge is 0.317 e. The Kier molecular flexibility index (Phi) is 16.4. The van der Waals surface area contributed by atoms with Crippen LogP contribution in [-0.2, 0) is 19.2 Å². The number of carboxylic acid groups (broad SMARTS) is 3. The highest BCUT2D eigenvalue weighted by molar-refractivity contribution is 5.77. The Morgan fingerprint density at radius 1 is 0.812 bits per heavy atom. The standard InChI is InChI=1S/C22H41N3O7/c1-4-10-24(16-22(31)32)12-8-19(5-6-20(27)28)17(2)7-11-25(15-18(3)26)13-9-23-14-21(29)30/h17,19,23H,4-16H2,1-3H3,(H,27,28)(H,29,30)(H,31,32). The molecule has 0 aromatic rings. The Labute approximate surface area is 191 Å². The zero-order valence-corrected chi connectivity index (χ0v) is 19.7. The maximum Gasteiger partial charge on any atom is 0.317 e. The van der Waals surface area contributed by atoms with Crippen molar-refractivity contribution in [2.75, 3.05) is 52.4 Å². The summed E-state index contributed by atoms with van der Waals surface area (Å²) in [5.41, 5.74) is 0. The van der Waals surface area contributed by atoms with Crippen LogP contribution in [-0.4, -0.2) is 101 Å². The normalized spacial score (nSPS) is 13.3. The summed E-state index contributed by atoms with van der Waals surface area (Å²) in [6, 6.07) is 0. The van der Waals surface area contributed by atoms with Crippen molar-refractivity contribution in [3.05, 3.63) is 0 Å². The molecule has 186 valence electrons. The number of carbonyl (C=O) groups excluding carboxylic acids is 1. The van der Waals surface area contributed by atoms with Gasteiger partial charge < -0.3 is 20.6 Å². The van der Waals surface area contributed by atoms with Gasteiger partial charge >= 0.3 is 17.9 Å². The van der Waals surface area contributed by atoms with E-state index in [0.717, 1.165) is 12.8 Å². The number of nitrogens with one attached hydrogen (secondary N) is 1. The fourth-order valence-corrected chi connectivity index (χ4v) is 3.79. The number of ketones is 1. The second-order valence-corrected chi connectivity index (χ2v) is 8.47. The van der Waals surface area contributed by atoms with Crippen molar-refractivity contribution >= 4 is 23.7 Å². The van der Waals surface area contributed by atoms with Crippen LogP contribution in [0.25, 0.3) is 0 Å². The van der Waals surface area contributed by atoms with E-state index in [2.05, 4.69) is 12.2 Å². The third-order valence-electron chi connectivity index (χ3n) is 5.48. The maximum atomic E-state index is 11.6. The zero-order chi connectivity index (χ0) is 24.5. The van der Waals surface area contributed by atoms with Crippen LogP contribution in [0, 0.1) is 11.8 Å². The minimum absolute atomic E-state index is 0.0242. The van der Waals surface area contributed by atoms with Gasteiger partial charge in [-0.25, -0.2) is 0 Å². The van der Waals surface area contributed by atoms with E-state index in [0.29, 0.717) is 45.6 Å². The highest BCUT2D eigenvalue weighted by Crippen LogP contribution is 2.25. The molecule has 2 unspecified atom stereocenters. The molecule has 0 rings (SSSR count). The Balaban J connectivity index is 4.88. The van der Waals surface area contributed by atoms with Crippen LogP contribution in [0.3, 0.4) is 0 Å². The van der Waals surface area contributed by atoms with Gasteiger partial charge in [0, 0.05) is 19.5 Å². The maximum absolute atomic E-state index is 11.6. The molecule has 0 saturated carbocycles. The molecular formula is C22H41N3O7. The van der Waals surface area contributed by atoms with Gasteiger partial charge in [0.1, 0.15) is 5.78 Å². The molecule has 0 radical (unpaired) electrons. The quantitative estimate of drug-likeness (QED) is 0.185. The molecule has 0 aliphatic carbocycles. The summed E-state index contributed by atoms with van der Waals surface area (Å²) in [7, 11) is 0. The van der Waals surface area contributed by atoms with E-state index >= 15 is 0 Å². The van der Waals surface area contributed by atoms with E-state index in [1.54, 1.807) is 0 Å². The predicted octanol–water partition coefficient (Wildman–Crippen LogP) is 1.25. The first kappa shape index (κ1) is 30.0. The third-order valence-corrected chi connectivity index (χ3v) is 5.48. The van der Waals surface area contributed by atoms with Crippen molar-refractivity contribution in [1.82, 2.24) is 15.1 Å². The molecule has 0 aromatic carbocycles. The van der Waals surface area contributed by atoms with E-state index in [9.17, 15) is 19.2 Å². The summed E-state index contributed by atoms with van der Waals surface area (Å²) in [5, 5.41) is 29.8. The average molecular weight is 460 g/mol. The van der Waals surface area contributed by atoms with Crippen molar-refractivity contribution < 1.29 is 34.5 Å². The SMILES string of the molecule is CCCN(CCC(CCC(=O)O)C(C)CCN(CCNCC(=O)O)CC(C)=O)CC(=O)O. The molecule has 0 saturated heterocycles. The second-order valence-electron chi connectivity index (χ2n) is 8.47.